The Morgan fingerprint density at radius 2 is 2.14 bits per heavy atom. The lowest BCUT2D eigenvalue weighted by Gasteiger charge is -2.11. The predicted molar refractivity (Wildman–Crippen MR) is 86.8 cm³/mol. The van der Waals surface area contributed by atoms with Crippen molar-refractivity contribution in [3.8, 4) is 5.75 Å². The zero-order chi connectivity index (χ0) is 15.7. The van der Waals surface area contributed by atoms with Crippen LogP contribution in [0.1, 0.15) is 39.2 Å². The summed E-state index contributed by atoms with van der Waals surface area (Å²) in [5.41, 5.74) is 1.09. The topological polar surface area (TPSA) is 50.4 Å². The van der Waals surface area contributed by atoms with Crippen LogP contribution in [-0.4, -0.2) is 25.1 Å². The molecule has 0 saturated carbocycles. The molecule has 0 aliphatic rings. The van der Waals surface area contributed by atoms with Gasteiger partial charge >= 0.3 is 0 Å². The highest BCUT2D eigenvalue weighted by Gasteiger charge is 2.06. The number of carbonyl (C=O) groups is 1. The monoisotopic (exact) mass is 312 g/mol. The summed E-state index contributed by atoms with van der Waals surface area (Å²) < 4.78 is 5.45. The number of hydrogen-bond donors (Lipinski definition) is 2. The molecule has 1 aromatic carbocycles. The molecule has 5 heteroatoms. The standard InChI is InChI=1S/C16H25ClN2O2/c1-4-5-8-18-16(20)11-21-15-7-6-13(9-14(15)17)10-19-12(2)3/h6-7,9,12,19H,4-5,8,10-11H2,1-3H3,(H,18,20). The number of carbonyl (C=O) groups excluding carboxylic acids is 1. The smallest absolute Gasteiger partial charge is 0.257 e. The van der Waals surface area contributed by atoms with Crippen molar-refractivity contribution < 1.29 is 9.53 Å². The van der Waals surface area contributed by atoms with Crippen molar-refractivity contribution >= 4 is 17.5 Å². The van der Waals surface area contributed by atoms with Crippen LogP contribution in [0.2, 0.25) is 5.02 Å². The zero-order valence-corrected chi connectivity index (χ0v) is 13.8. The molecule has 1 amide bonds. The summed E-state index contributed by atoms with van der Waals surface area (Å²) in [4.78, 5) is 11.6. The molecule has 0 radical (unpaired) electrons. The highest BCUT2D eigenvalue weighted by Crippen LogP contribution is 2.25. The molecule has 0 spiro atoms. The van der Waals surface area contributed by atoms with Crippen molar-refractivity contribution in [3.63, 3.8) is 0 Å². The Hall–Kier alpha value is -1.26. The molecule has 2 N–H and O–H groups in total. The Balaban J connectivity index is 2.43. The molecule has 0 heterocycles. The maximum atomic E-state index is 11.6. The Bertz CT molecular complexity index is 450. The van der Waals surface area contributed by atoms with Gasteiger partial charge in [0.2, 0.25) is 0 Å². The highest BCUT2D eigenvalue weighted by molar-refractivity contribution is 6.32. The number of amides is 1. The normalized spacial score (nSPS) is 10.7. The van der Waals surface area contributed by atoms with E-state index in [0.717, 1.165) is 24.9 Å². The van der Waals surface area contributed by atoms with Crippen LogP contribution in [0.25, 0.3) is 0 Å². The molecule has 1 aromatic rings. The lowest BCUT2D eigenvalue weighted by Crippen LogP contribution is -2.29. The van der Waals surface area contributed by atoms with Gasteiger partial charge in [0.1, 0.15) is 5.75 Å². The van der Waals surface area contributed by atoms with E-state index in [1.54, 1.807) is 6.07 Å². The molecule has 0 aliphatic heterocycles. The summed E-state index contributed by atoms with van der Waals surface area (Å²) in [6.45, 7) is 7.71. The van der Waals surface area contributed by atoms with Crippen molar-refractivity contribution in [1.82, 2.24) is 10.6 Å². The minimum atomic E-state index is -0.120. The van der Waals surface area contributed by atoms with Gasteiger partial charge in [0.05, 0.1) is 5.02 Å². The van der Waals surface area contributed by atoms with Crippen LogP contribution in [0.15, 0.2) is 18.2 Å². The van der Waals surface area contributed by atoms with Crippen molar-refractivity contribution in [1.29, 1.82) is 0 Å². The molecule has 0 fully saturated rings. The molecule has 1 rings (SSSR count). The molecular weight excluding hydrogens is 288 g/mol. The summed E-state index contributed by atoms with van der Waals surface area (Å²) in [6, 6.07) is 6.04. The first kappa shape index (κ1) is 17.8. The summed E-state index contributed by atoms with van der Waals surface area (Å²) in [7, 11) is 0. The van der Waals surface area contributed by atoms with Gasteiger partial charge in [-0.15, -0.1) is 0 Å². The number of nitrogens with one attached hydrogen (secondary N) is 2. The number of ether oxygens (including phenoxy) is 1. The van der Waals surface area contributed by atoms with Crippen LogP contribution >= 0.6 is 11.6 Å². The van der Waals surface area contributed by atoms with E-state index in [1.165, 1.54) is 0 Å². The van der Waals surface area contributed by atoms with Gasteiger partial charge in [-0.25, -0.2) is 0 Å². The molecule has 0 aliphatic carbocycles. The first-order valence-corrected chi connectivity index (χ1v) is 7.82. The first-order valence-electron chi connectivity index (χ1n) is 7.44. The largest absolute Gasteiger partial charge is 0.482 e. The van der Waals surface area contributed by atoms with E-state index in [9.17, 15) is 4.79 Å². The van der Waals surface area contributed by atoms with Crippen LogP contribution in [0.5, 0.6) is 5.75 Å². The van der Waals surface area contributed by atoms with Crippen LogP contribution < -0.4 is 15.4 Å². The fourth-order valence-electron chi connectivity index (χ4n) is 1.69. The second kappa shape index (κ2) is 9.64. The molecule has 0 unspecified atom stereocenters. The Morgan fingerprint density at radius 3 is 2.76 bits per heavy atom. The van der Waals surface area contributed by atoms with Crippen molar-refractivity contribution in [3.05, 3.63) is 28.8 Å². The van der Waals surface area contributed by atoms with Crippen molar-refractivity contribution in [2.24, 2.45) is 0 Å². The summed E-state index contributed by atoms with van der Waals surface area (Å²) in [5, 5.41) is 6.65. The Kier molecular flexibility index (Phi) is 8.16. The summed E-state index contributed by atoms with van der Waals surface area (Å²) >= 11 is 6.17. The molecule has 0 atom stereocenters. The first-order chi connectivity index (χ1) is 10.0. The molecular formula is C16H25ClN2O2. The average molecular weight is 313 g/mol. The zero-order valence-electron chi connectivity index (χ0n) is 13.0. The summed E-state index contributed by atoms with van der Waals surface area (Å²) in [6.07, 6.45) is 2.03. The SMILES string of the molecule is CCCCNC(=O)COc1ccc(CNC(C)C)cc1Cl. The van der Waals surface area contributed by atoms with Crippen LogP contribution in [-0.2, 0) is 11.3 Å². The lowest BCUT2D eigenvalue weighted by molar-refractivity contribution is -0.123. The quantitative estimate of drug-likeness (QED) is 0.689. The maximum absolute atomic E-state index is 11.6. The predicted octanol–water partition coefficient (Wildman–Crippen LogP) is 3.13. The molecule has 0 bridgehead atoms. The maximum Gasteiger partial charge on any atom is 0.257 e. The second-order valence-corrected chi connectivity index (χ2v) is 5.70. The van der Waals surface area contributed by atoms with Gasteiger partial charge in [-0.1, -0.05) is 44.9 Å². The van der Waals surface area contributed by atoms with E-state index >= 15 is 0 Å². The molecule has 118 valence electrons. The third kappa shape index (κ3) is 7.34. The summed E-state index contributed by atoms with van der Waals surface area (Å²) in [5.74, 6) is 0.417. The fourth-order valence-corrected chi connectivity index (χ4v) is 1.95. The molecule has 4 nitrogen and oxygen atoms in total. The van der Waals surface area contributed by atoms with E-state index in [0.29, 0.717) is 23.4 Å². The number of hydrogen-bond acceptors (Lipinski definition) is 3. The van der Waals surface area contributed by atoms with Gasteiger partial charge < -0.3 is 15.4 Å². The Labute approximate surface area is 132 Å². The van der Waals surface area contributed by atoms with Crippen molar-refractivity contribution in [2.75, 3.05) is 13.2 Å². The molecule has 21 heavy (non-hydrogen) atoms. The van der Waals surface area contributed by atoms with Gasteiger partial charge in [0.15, 0.2) is 6.61 Å². The Morgan fingerprint density at radius 1 is 1.38 bits per heavy atom. The van der Waals surface area contributed by atoms with Gasteiger partial charge in [-0.05, 0) is 24.1 Å². The minimum Gasteiger partial charge on any atom is -0.482 e. The number of halogens is 1. The lowest BCUT2D eigenvalue weighted by atomic mass is 10.2. The number of rotatable bonds is 9. The number of unbranched alkanes of at least 4 members (excludes halogenated alkanes) is 1. The van der Waals surface area contributed by atoms with E-state index in [2.05, 4.69) is 31.4 Å². The van der Waals surface area contributed by atoms with Crippen LogP contribution in [0.4, 0.5) is 0 Å². The molecule has 0 aromatic heterocycles. The van der Waals surface area contributed by atoms with Gasteiger partial charge in [-0.2, -0.15) is 0 Å². The molecule has 0 saturated heterocycles. The van der Waals surface area contributed by atoms with E-state index < -0.39 is 0 Å². The van der Waals surface area contributed by atoms with Crippen LogP contribution in [0.3, 0.4) is 0 Å². The van der Waals surface area contributed by atoms with Crippen molar-refractivity contribution in [2.45, 2.75) is 46.2 Å². The van der Waals surface area contributed by atoms with E-state index in [4.69, 9.17) is 16.3 Å². The second-order valence-electron chi connectivity index (χ2n) is 5.29. The fraction of sp³-hybridized carbons (Fsp3) is 0.562. The number of benzene rings is 1. The third-order valence-corrected chi connectivity index (χ3v) is 3.22. The minimum absolute atomic E-state index is 0.00692. The van der Waals surface area contributed by atoms with Gasteiger partial charge in [0.25, 0.3) is 5.91 Å². The highest BCUT2D eigenvalue weighted by atomic mass is 35.5. The van der Waals surface area contributed by atoms with E-state index in [-0.39, 0.29) is 12.5 Å². The van der Waals surface area contributed by atoms with Crippen LogP contribution in [0, 0.1) is 0 Å². The third-order valence-electron chi connectivity index (χ3n) is 2.92. The van der Waals surface area contributed by atoms with Gasteiger partial charge in [0, 0.05) is 19.1 Å². The van der Waals surface area contributed by atoms with Gasteiger partial charge in [-0.3, -0.25) is 4.79 Å². The van der Waals surface area contributed by atoms with E-state index in [1.807, 2.05) is 12.1 Å². The average Bonchev–Trinajstić information content (AvgIpc) is 2.44.